The number of carbonyl (C=O) groups excluding carboxylic acids is 1. The maximum absolute atomic E-state index is 12.8. The molecule has 0 aliphatic heterocycles. The van der Waals surface area contributed by atoms with Gasteiger partial charge in [-0.25, -0.2) is 0 Å². The first-order valence-corrected chi connectivity index (χ1v) is 8.15. The number of methoxy groups -OCH3 is 1. The molecule has 3 rings (SSSR count). The molecule has 1 fully saturated rings. The van der Waals surface area contributed by atoms with Crippen LogP contribution in [-0.4, -0.2) is 18.0 Å². The molecule has 7 heteroatoms. The average Bonchev–Trinajstić information content (AvgIpc) is 2.55. The quantitative estimate of drug-likeness (QED) is 0.343. The summed E-state index contributed by atoms with van der Waals surface area (Å²) in [7, 11) is 1.41. The van der Waals surface area contributed by atoms with Crippen LogP contribution in [0.25, 0.3) is 0 Å². The van der Waals surface area contributed by atoms with Crippen molar-refractivity contribution in [3.63, 3.8) is 0 Å². The lowest BCUT2D eigenvalue weighted by atomic mass is 9.64. The van der Waals surface area contributed by atoms with Crippen molar-refractivity contribution in [1.82, 2.24) is 0 Å². The van der Waals surface area contributed by atoms with Gasteiger partial charge in [-0.15, -0.1) is 0 Å². The van der Waals surface area contributed by atoms with Gasteiger partial charge in [0.05, 0.1) is 23.5 Å². The third-order valence-corrected chi connectivity index (χ3v) is 4.81. The summed E-state index contributed by atoms with van der Waals surface area (Å²) in [6, 6.07) is 11.2. The first-order chi connectivity index (χ1) is 12.0. The Morgan fingerprint density at radius 2 is 1.88 bits per heavy atom. The zero-order valence-corrected chi connectivity index (χ0v) is 14.3. The van der Waals surface area contributed by atoms with Crippen molar-refractivity contribution in [2.45, 2.75) is 24.7 Å². The second-order valence-electron chi connectivity index (χ2n) is 5.92. The SMILES string of the molecule is COc1ccc(OC(=O)C2(c3ccc(Cl)cc3)CCC2)c([N+](=O)[O-])c1. The van der Waals surface area contributed by atoms with Gasteiger partial charge in [0.15, 0.2) is 0 Å². The van der Waals surface area contributed by atoms with Crippen molar-refractivity contribution in [3.05, 3.63) is 63.2 Å². The molecule has 0 unspecified atom stereocenters. The Bertz CT molecular complexity index is 815. The van der Waals surface area contributed by atoms with E-state index >= 15 is 0 Å². The zero-order valence-electron chi connectivity index (χ0n) is 13.5. The van der Waals surface area contributed by atoms with Gasteiger partial charge in [-0.2, -0.15) is 0 Å². The van der Waals surface area contributed by atoms with Gasteiger partial charge in [-0.3, -0.25) is 14.9 Å². The maximum Gasteiger partial charge on any atom is 0.322 e. The largest absolute Gasteiger partial charge is 0.496 e. The molecular formula is C18H16ClNO5. The Balaban J connectivity index is 1.91. The normalized spacial score (nSPS) is 15.1. The van der Waals surface area contributed by atoms with E-state index in [2.05, 4.69) is 0 Å². The number of hydrogen-bond acceptors (Lipinski definition) is 5. The summed E-state index contributed by atoms with van der Waals surface area (Å²) < 4.78 is 10.4. The van der Waals surface area contributed by atoms with Crippen LogP contribution in [0.4, 0.5) is 5.69 Å². The van der Waals surface area contributed by atoms with Crippen LogP contribution in [0.1, 0.15) is 24.8 Å². The van der Waals surface area contributed by atoms with Crippen LogP contribution in [-0.2, 0) is 10.2 Å². The molecule has 0 radical (unpaired) electrons. The summed E-state index contributed by atoms with van der Waals surface area (Å²) in [6.45, 7) is 0. The fourth-order valence-electron chi connectivity index (χ4n) is 2.96. The minimum atomic E-state index is -0.779. The van der Waals surface area contributed by atoms with Crippen LogP contribution in [0.2, 0.25) is 5.02 Å². The molecule has 0 saturated heterocycles. The molecule has 0 heterocycles. The number of nitro benzene ring substituents is 1. The second kappa shape index (κ2) is 6.72. The van der Waals surface area contributed by atoms with E-state index in [1.165, 1.54) is 25.3 Å². The van der Waals surface area contributed by atoms with Gasteiger partial charge in [0, 0.05) is 5.02 Å². The predicted octanol–water partition coefficient (Wildman–Crippen LogP) is 4.28. The van der Waals surface area contributed by atoms with Crippen LogP contribution in [0.5, 0.6) is 11.5 Å². The van der Waals surface area contributed by atoms with Crippen molar-refractivity contribution < 1.29 is 19.2 Å². The van der Waals surface area contributed by atoms with E-state index in [1.54, 1.807) is 24.3 Å². The van der Waals surface area contributed by atoms with Crippen molar-refractivity contribution in [1.29, 1.82) is 0 Å². The Labute approximate surface area is 149 Å². The van der Waals surface area contributed by atoms with Crippen molar-refractivity contribution in [3.8, 4) is 11.5 Å². The molecule has 0 aromatic heterocycles. The number of halogens is 1. The number of benzene rings is 2. The van der Waals surface area contributed by atoms with Crippen molar-refractivity contribution in [2.75, 3.05) is 7.11 Å². The number of hydrogen-bond donors (Lipinski definition) is 0. The Hall–Kier alpha value is -2.60. The van der Waals surface area contributed by atoms with Crippen LogP contribution in [0, 0.1) is 10.1 Å². The van der Waals surface area contributed by atoms with E-state index in [0.29, 0.717) is 23.6 Å². The number of nitro groups is 1. The highest BCUT2D eigenvalue weighted by Crippen LogP contribution is 2.45. The van der Waals surface area contributed by atoms with Gasteiger partial charge in [0.2, 0.25) is 5.75 Å². The molecule has 130 valence electrons. The average molecular weight is 362 g/mol. The minimum Gasteiger partial charge on any atom is -0.496 e. The molecule has 6 nitrogen and oxygen atoms in total. The summed E-state index contributed by atoms with van der Waals surface area (Å²) in [4.78, 5) is 23.5. The number of carbonyl (C=O) groups is 1. The highest BCUT2D eigenvalue weighted by molar-refractivity contribution is 6.30. The lowest BCUT2D eigenvalue weighted by Crippen LogP contribution is -2.45. The van der Waals surface area contributed by atoms with Gasteiger partial charge in [0.25, 0.3) is 0 Å². The third kappa shape index (κ3) is 3.17. The molecule has 1 aliphatic carbocycles. The predicted molar refractivity (Wildman–Crippen MR) is 92.3 cm³/mol. The molecule has 0 atom stereocenters. The summed E-state index contributed by atoms with van der Waals surface area (Å²) in [6.07, 6.45) is 2.16. The first-order valence-electron chi connectivity index (χ1n) is 7.77. The van der Waals surface area contributed by atoms with Crippen molar-refractivity contribution in [2.24, 2.45) is 0 Å². The molecule has 0 amide bonds. The van der Waals surface area contributed by atoms with E-state index in [4.69, 9.17) is 21.1 Å². The van der Waals surface area contributed by atoms with Gasteiger partial charge in [-0.1, -0.05) is 30.2 Å². The Kier molecular flexibility index (Phi) is 4.63. The van der Waals surface area contributed by atoms with Gasteiger partial charge in [-0.05, 0) is 42.7 Å². The topological polar surface area (TPSA) is 78.7 Å². The lowest BCUT2D eigenvalue weighted by Gasteiger charge is -2.39. The van der Waals surface area contributed by atoms with E-state index < -0.39 is 16.3 Å². The fraction of sp³-hybridized carbons (Fsp3) is 0.278. The summed E-state index contributed by atoms with van der Waals surface area (Å²) in [5.74, 6) is -0.257. The molecule has 25 heavy (non-hydrogen) atoms. The molecule has 1 aliphatic rings. The molecule has 1 saturated carbocycles. The van der Waals surface area contributed by atoms with Gasteiger partial charge >= 0.3 is 11.7 Å². The standard InChI is InChI=1S/C18H16ClNO5/c1-24-14-7-8-16(15(11-14)20(22)23)25-17(21)18(9-2-10-18)12-3-5-13(19)6-4-12/h3-8,11H,2,9-10H2,1H3. The minimum absolute atomic E-state index is 0.0870. The molecular weight excluding hydrogens is 346 g/mol. The Morgan fingerprint density at radius 3 is 2.40 bits per heavy atom. The zero-order chi connectivity index (χ0) is 18.0. The molecule has 2 aromatic carbocycles. The maximum atomic E-state index is 12.8. The highest BCUT2D eigenvalue weighted by atomic mass is 35.5. The number of esters is 1. The number of nitrogens with zero attached hydrogens (tertiary/aromatic N) is 1. The molecule has 0 N–H and O–H groups in total. The molecule has 2 aromatic rings. The van der Waals surface area contributed by atoms with Crippen LogP contribution < -0.4 is 9.47 Å². The lowest BCUT2D eigenvalue weighted by molar-refractivity contribution is -0.385. The van der Waals surface area contributed by atoms with Gasteiger partial charge < -0.3 is 9.47 Å². The Morgan fingerprint density at radius 1 is 1.20 bits per heavy atom. The monoisotopic (exact) mass is 361 g/mol. The van der Waals surface area contributed by atoms with Crippen molar-refractivity contribution >= 4 is 23.3 Å². The second-order valence-corrected chi connectivity index (χ2v) is 6.36. The smallest absolute Gasteiger partial charge is 0.322 e. The number of ether oxygens (including phenoxy) is 2. The molecule has 0 spiro atoms. The summed E-state index contributed by atoms with van der Waals surface area (Å²) in [5, 5.41) is 11.8. The van der Waals surface area contributed by atoms with Crippen LogP contribution in [0.15, 0.2) is 42.5 Å². The molecule has 0 bridgehead atoms. The summed E-state index contributed by atoms with van der Waals surface area (Å²) >= 11 is 5.91. The number of rotatable bonds is 5. The van der Waals surface area contributed by atoms with Crippen LogP contribution >= 0.6 is 11.6 Å². The van der Waals surface area contributed by atoms with Crippen LogP contribution in [0.3, 0.4) is 0 Å². The fourth-order valence-corrected chi connectivity index (χ4v) is 3.09. The highest BCUT2D eigenvalue weighted by Gasteiger charge is 2.47. The van der Waals surface area contributed by atoms with E-state index in [1.807, 2.05) is 0 Å². The third-order valence-electron chi connectivity index (χ3n) is 4.56. The van der Waals surface area contributed by atoms with E-state index in [9.17, 15) is 14.9 Å². The van der Waals surface area contributed by atoms with Gasteiger partial charge in [0.1, 0.15) is 5.75 Å². The van der Waals surface area contributed by atoms with E-state index in [-0.39, 0.29) is 11.4 Å². The van der Waals surface area contributed by atoms with E-state index in [0.717, 1.165) is 12.0 Å². The summed E-state index contributed by atoms with van der Waals surface area (Å²) in [5.41, 5.74) is -0.277. The first kappa shape index (κ1) is 17.2.